The molecule has 202 valence electrons. The molecule has 3 aromatic rings. The number of aliphatic hydroxyl groups is 1. The molecular weight excluding hydrogens is 490 g/mol. The van der Waals surface area contributed by atoms with E-state index < -0.39 is 6.23 Å². The van der Waals surface area contributed by atoms with E-state index in [1.165, 1.54) is 11.6 Å². The van der Waals surface area contributed by atoms with Crippen molar-refractivity contribution >= 4 is 22.6 Å². The second-order valence-electron chi connectivity index (χ2n) is 10.6. The Bertz CT molecular complexity index is 1500. The summed E-state index contributed by atoms with van der Waals surface area (Å²) in [6, 6.07) is 14.2. The minimum absolute atomic E-state index is 0.0241. The van der Waals surface area contributed by atoms with Gasteiger partial charge in [-0.2, -0.15) is 5.26 Å². The lowest BCUT2D eigenvalue weighted by Gasteiger charge is -2.33. The summed E-state index contributed by atoms with van der Waals surface area (Å²) in [5.74, 6) is 0.506. The number of amides is 1. The van der Waals surface area contributed by atoms with E-state index in [4.69, 9.17) is 5.73 Å². The number of carbonyl (C=O) groups is 1. The van der Waals surface area contributed by atoms with Gasteiger partial charge in [-0.3, -0.25) is 9.69 Å². The molecule has 1 saturated heterocycles. The third-order valence-electron chi connectivity index (χ3n) is 7.99. The van der Waals surface area contributed by atoms with Crippen LogP contribution < -0.4 is 10.6 Å². The summed E-state index contributed by atoms with van der Waals surface area (Å²) in [6.07, 6.45) is 4.38. The highest BCUT2D eigenvalue weighted by Gasteiger charge is 2.28. The van der Waals surface area contributed by atoms with Gasteiger partial charge in [0.2, 0.25) is 0 Å². The van der Waals surface area contributed by atoms with Crippen LogP contribution in [0.2, 0.25) is 0 Å². The van der Waals surface area contributed by atoms with Crippen molar-refractivity contribution < 1.29 is 9.90 Å². The zero-order chi connectivity index (χ0) is 27.8. The number of aromatic nitrogens is 2. The van der Waals surface area contributed by atoms with Gasteiger partial charge in [0.1, 0.15) is 11.7 Å². The van der Waals surface area contributed by atoms with Crippen LogP contribution in [0.3, 0.4) is 0 Å². The first-order chi connectivity index (χ1) is 18.7. The summed E-state index contributed by atoms with van der Waals surface area (Å²) in [5.41, 5.74) is 12.0. The minimum atomic E-state index is -0.967. The van der Waals surface area contributed by atoms with Crippen LogP contribution in [-0.4, -0.2) is 63.8 Å². The normalized spacial score (nSPS) is 18.8. The van der Waals surface area contributed by atoms with Crippen LogP contribution in [0.4, 0.5) is 5.69 Å². The van der Waals surface area contributed by atoms with E-state index in [0.29, 0.717) is 22.9 Å². The van der Waals surface area contributed by atoms with E-state index in [9.17, 15) is 15.2 Å². The Morgan fingerprint density at radius 3 is 2.54 bits per heavy atom. The number of nitriles is 1. The Morgan fingerprint density at radius 2 is 1.90 bits per heavy atom. The maximum Gasteiger partial charge on any atom is 0.253 e. The zero-order valence-corrected chi connectivity index (χ0v) is 22.9. The molecule has 1 atom stereocenters. The summed E-state index contributed by atoms with van der Waals surface area (Å²) < 4.78 is 2.11. The number of fused-ring (bicyclic) bond motifs is 1. The molecule has 1 unspecified atom stereocenters. The molecule has 1 amide bonds. The predicted octanol–water partition coefficient (Wildman–Crippen LogP) is 3.43. The molecule has 0 aliphatic carbocycles. The highest BCUT2D eigenvalue weighted by molar-refractivity contribution is 5.94. The number of rotatable bonds is 5. The fourth-order valence-electron chi connectivity index (χ4n) is 5.74. The smallest absolute Gasteiger partial charge is 0.253 e. The van der Waals surface area contributed by atoms with E-state index in [1.807, 2.05) is 25.2 Å². The standard InChI is InChI=1S/C30H35N7O2/c1-19-25(17-31)26(32)16-28(38)37(19)27-9-12-33-29-24(27)15-23(35(29)4)18-36-13-10-21(11-14-36)20-5-7-22(8-6-20)30(39)34(2)3/h5-9,12,15-16,21,28,38H,10-11,13-14,18,32H2,1-4H3. The van der Waals surface area contributed by atoms with Gasteiger partial charge in [0.05, 0.1) is 17.0 Å². The fraction of sp³-hybridized carbons (Fsp3) is 0.367. The number of nitrogens with zero attached hydrogens (tertiary/aromatic N) is 6. The van der Waals surface area contributed by atoms with Crippen LogP contribution in [0.25, 0.3) is 11.0 Å². The number of nitrogens with two attached hydrogens (primary N) is 1. The number of pyridine rings is 1. The van der Waals surface area contributed by atoms with Crippen molar-refractivity contribution in [2.24, 2.45) is 12.8 Å². The van der Waals surface area contributed by atoms with Crippen LogP contribution in [0.1, 0.15) is 47.3 Å². The second-order valence-corrected chi connectivity index (χ2v) is 10.6. The molecule has 9 heteroatoms. The lowest BCUT2D eigenvalue weighted by Crippen LogP contribution is -2.37. The Kier molecular flexibility index (Phi) is 7.17. The van der Waals surface area contributed by atoms with Gasteiger partial charge >= 0.3 is 0 Å². The third kappa shape index (κ3) is 4.89. The largest absolute Gasteiger partial charge is 0.398 e. The molecule has 39 heavy (non-hydrogen) atoms. The minimum Gasteiger partial charge on any atom is -0.398 e. The molecule has 2 aliphatic rings. The van der Waals surface area contributed by atoms with Crippen molar-refractivity contribution in [1.82, 2.24) is 19.4 Å². The first-order valence-electron chi connectivity index (χ1n) is 13.2. The Balaban J connectivity index is 1.32. The van der Waals surface area contributed by atoms with Crippen molar-refractivity contribution in [2.45, 2.75) is 38.5 Å². The Morgan fingerprint density at radius 1 is 1.21 bits per heavy atom. The maximum absolute atomic E-state index is 12.2. The highest BCUT2D eigenvalue weighted by atomic mass is 16.3. The molecule has 0 spiro atoms. The quantitative estimate of drug-likeness (QED) is 0.524. The summed E-state index contributed by atoms with van der Waals surface area (Å²) in [7, 11) is 5.56. The molecule has 1 fully saturated rings. The van der Waals surface area contributed by atoms with Gasteiger partial charge in [-0.15, -0.1) is 0 Å². The molecule has 2 aromatic heterocycles. The third-order valence-corrected chi connectivity index (χ3v) is 7.99. The number of hydrogen-bond donors (Lipinski definition) is 2. The molecule has 3 N–H and O–H groups in total. The molecule has 0 bridgehead atoms. The zero-order valence-electron chi connectivity index (χ0n) is 22.9. The molecule has 0 radical (unpaired) electrons. The van der Waals surface area contributed by atoms with Crippen molar-refractivity contribution in [1.29, 1.82) is 5.26 Å². The van der Waals surface area contributed by atoms with Crippen LogP contribution in [0.15, 0.2) is 65.6 Å². The van der Waals surface area contributed by atoms with Gasteiger partial charge in [-0.1, -0.05) is 12.1 Å². The number of aliphatic hydroxyl groups excluding tert-OH is 1. The number of aryl methyl sites for hydroxylation is 1. The molecule has 9 nitrogen and oxygen atoms in total. The van der Waals surface area contributed by atoms with Gasteiger partial charge in [-0.25, -0.2) is 4.98 Å². The maximum atomic E-state index is 12.2. The molecule has 1 aromatic carbocycles. The van der Waals surface area contributed by atoms with Gasteiger partial charge in [0.25, 0.3) is 5.91 Å². The van der Waals surface area contributed by atoms with Crippen molar-refractivity contribution in [3.8, 4) is 6.07 Å². The van der Waals surface area contributed by atoms with E-state index in [-0.39, 0.29) is 5.91 Å². The number of benzene rings is 1. The summed E-state index contributed by atoms with van der Waals surface area (Å²) in [4.78, 5) is 22.6. The number of hydrogen-bond acceptors (Lipinski definition) is 7. The van der Waals surface area contributed by atoms with Crippen molar-refractivity contribution in [3.05, 3.63) is 82.5 Å². The number of piperidine rings is 1. The molecule has 2 aliphatic heterocycles. The second kappa shape index (κ2) is 10.6. The summed E-state index contributed by atoms with van der Waals surface area (Å²) in [6.45, 7) is 4.55. The van der Waals surface area contributed by atoms with Crippen molar-refractivity contribution in [2.75, 3.05) is 32.1 Å². The average molecular weight is 526 g/mol. The van der Waals surface area contributed by atoms with Gasteiger partial charge in [0.15, 0.2) is 6.23 Å². The van der Waals surface area contributed by atoms with Crippen LogP contribution in [0, 0.1) is 11.3 Å². The van der Waals surface area contributed by atoms with Gasteiger partial charge in [-0.05, 0) is 74.7 Å². The number of likely N-dealkylation sites (tertiary alicyclic amines) is 1. The lowest BCUT2D eigenvalue weighted by atomic mass is 9.89. The van der Waals surface area contributed by atoms with Gasteiger partial charge < -0.3 is 25.2 Å². The molecule has 0 saturated carbocycles. The number of allylic oxidation sites excluding steroid dienone is 2. The van der Waals surface area contributed by atoms with Crippen LogP contribution in [-0.2, 0) is 13.6 Å². The highest BCUT2D eigenvalue weighted by Crippen LogP contribution is 2.36. The van der Waals surface area contributed by atoms with E-state index in [2.05, 4.69) is 38.7 Å². The Hall–Kier alpha value is -4.13. The monoisotopic (exact) mass is 525 g/mol. The van der Waals surface area contributed by atoms with Crippen LogP contribution >= 0.6 is 0 Å². The topological polar surface area (TPSA) is 115 Å². The van der Waals surface area contributed by atoms with E-state index in [1.54, 1.807) is 37.0 Å². The Labute approximate surface area is 229 Å². The summed E-state index contributed by atoms with van der Waals surface area (Å²) in [5, 5.41) is 21.3. The predicted molar refractivity (Wildman–Crippen MR) is 151 cm³/mol. The number of carbonyl (C=O) groups excluding carboxylic acids is 1. The average Bonchev–Trinajstić information content (AvgIpc) is 3.24. The van der Waals surface area contributed by atoms with Crippen LogP contribution in [0.5, 0.6) is 0 Å². The molecule has 4 heterocycles. The first kappa shape index (κ1) is 26.5. The van der Waals surface area contributed by atoms with Gasteiger partial charge in [0, 0.05) is 56.2 Å². The van der Waals surface area contributed by atoms with Crippen molar-refractivity contribution in [3.63, 3.8) is 0 Å². The first-order valence-corrected chi connectivity index (χ1v) is 13.2. The van der Waals surface area contributed by atoms with E-state index in [0.717, 1.165) is 60.5 Å². The van der Waals surface area contributed by atoms with E-state index >= 15 is 0 Å². The SMILES string of the molecule is CC1=C(C#N)C(N)=CC(O)N1c1ccnc2c1cc(CN1CCC(c3ccc(C(=O)N(C)C)cc3)CC1)n2C. The number of anilines is 1. The fourth-order valence-corrected chi connectivity index (χ4v) is 5.74. The lowest BCUT2D eigenvalue weighted by molar-refractivity contribution is 0.0827. The summed E-state index contributed by atoms with van der Waals surface area (Å²) >= 11 is 0. The molecule has 5 rings (SSSR count). The molecular formula is C30H35N7O2.